The van der Waals surface area contributed by atoms with Crippen molar-refractivity contribution in [3.63, 3.8) is 0 Å². The topological polar surface area (TPSA) is 72.9 Å². The van der Waals surface area contributed by atoms with Crippen molar-refractivity contribution in [1.82, 2.24) is 18.8 Å². The highest BCUT2D eigenvalue weighted by molar-refractivity contribution is 6.05. The van der Waals surface area contributed by atoms with Gasteiger partial charge in [-0.2, -0.15) is 0 Å². The summed E-state index contributed by atoms with van der Waals surface area (Å²) in [4.78, 5) is 22.4. The number of nitrogens with zero attached hydrogens (tertiary/aromatic N) is 4. The molecule has 1 aromatic carbocycles. The number of benzene rings is 1. The Morgan fingerprint density at radius 1 is 1.03 bits per heavy atom. The standard InChI is InChI=1S/C24H21N5O2/c1-15-7-6-11-28-14-19(26-23(15)28)17-9-10-20(31-3)18(13-17)27-24(30)22-16(2)25-21-8-4-5-12-29(21)22/h4-14H,1-3H3,(H,27,30). The highest BCUT2D eigenvalue weighted by Crippen LogP contribution is 2.31. The fourth-order valence-electron chi connectivity index (χ4n) is 3.83. The Morgan fingerprint density at radius 3 is 2.71 bits per heavy atom. The number of nitrogens with one attached hydrogen (secondary N) is 1. The molecule has 0 fully saturated rings. The van der Waals surface area contributed by atoms with E-state index >= 15 is 0 Å². The van der Waals surface area contributed by atoms with Gasteiger partial charge < -0.3 is 14.5 Å². The molecular formula is C24H21N5O2. The quantitative estimate of drug-likeness (QED) is 0.472. The zero-order valence-corrected chi connectivity index (χ0v) is 17.5. The predicted molar refractivity (Wildman–Crippen MR) is 120 cm³/mol. The first-order valence-corrected chi connectivity index (χ1v) is 9.93. The number of fused-ring (bicyclic) bond motifs is 2. The number of hydrogen-bond acceptors (Lipinski definition) is 4. The molecule has 0 aliphatic rings. The minimum absolute atomic E-state index is 0.252. The smallest absolute Gasteiger partial charge is 0.274 e. The van der Waals surface area contributed by atoms with E-state index in [2.05, 4.69) is 10.3 Å². The molecule has 4 heterocycles. The van der Waals surface area contributed by atoms with Gasteiger partial charge in [-0.25, -0.2) is 9.97 Å². The molecule has 154 valence electrons. The van der Waals surface area contributed by atoms with Crippen LogP contribution in [0.3, 0.4) is 0 Å². The van der Waals surface area contributed by atoms with Crippen LogP contribution in [-0.4, -0.2) is 31.8 Å². The lowest BCUT2D eigenvalue weighted by atomic mass is 10.1. The number of hydrogen-bond donors (Lipinski definition) is 1. The Kier molecular flexibility index (Phi) is 4.43. The van der Waals surface area contributed by atoms with Crippen LogP contribution < -0.4 is 10.1 Å². The number of imidazole rings is 2. The van der Waals surface area contributed by atoms with Crippen LogP contribution >= 0.6 is 0 Å². The Labute approximate surface area is 179 Å². The third kappa shape index (κ3) is 3.20. The number of carbonyl (C=O) groups is 1. The van der Waals surface area contributed by atoms with E-state index in [0.29, 0.717) is 22.8 Å². The molecule has 0 saturated carbocycles. The fourth-order valence-corrected chi connectivity index (χ4v) is 3.83. The molecule has 0 atom stereocenters. The molecule has 0 unspecified atom stereocenters. The Bertz CT molecular complexity index is 1450. The SMILES string of the molecule is COc1ccc(-c2cn3cccc(C)c3n2)cc1NC(=O)c1c(C)nc2ccccn12. The first-order valence-electron chi connectivity index (χ1n) is 9.93. The fraction of sp³-hybridized carbons (Fsp3) is 0.125. The van der Waals surface area contributed by atoms with Crippen molar-refractivity contribution in [3.8, 4) is 17.0 Å². The summed E-state index contributed by atoms with van der Waals surface area (Å²) < 4.78 is 9.27. The molecule has 0 spiro atoms. The van der Waals surface area contributed by atoms with E-state index in [-0.39, 0.29) is 5.91 Å². The number of ether oxygens (including phenoxy) is 1. The zero-order chi connectivity index (χ0) is 21.5. The van der Waals surface area contributed by atoms with E-state index in [1.807, 2.05) is 85.4 Å². The van der Waals surface area contributed by atoms with Crippen LogP contribution in [0.4, 0.5) is 5.69 Å². The van der Waals surface area contributed by atoms with Gasteiger partial charge in [-0.3, -0.25) is 9.20 Å². The minimum atomic E-state index is -0.252. The molecule has 31 heavy (non-hydrogen) atoms. The Morgan fingerprint density at radius 2 is 1.90 bits per heavy atom. The van der Waals surface area contributed by atoms with Crippen molar-refractivity contribution in [3.05, 3.63) is 84.1 Å². The summed E-state index contributed by atoms with van der Waals surface area (Å²) in [6.45, 7) is 3.86. The number of amides is 1. The number of aromatic nitrogens is 4. The molecular weight excluding hydrogens is 390 g/mol. The van der Waals surface area contributed by atoms with E-state index in [4.69, 9.17) is 9.72 Å². The highest BCUT2D eigenvalue weighted by atomic mass is 16.5. The van der Waals surface area contributed by atoms with Gasteiger partial charge in [0.2, 0.25) is 0 Å². The summed E-state index contributed by atoms with van der Waals surface area (Å²) in [6.07, 6.45) is 5.78. The highest BCUT2D eigenvalue weighted by Gasteiger charge is 2.19. The maximum atomic E-state index is 13.2. The lowest BCUT2D eigenvalue weighted by molar-refractivity contribution is 0.102. The van der Waals surface area contributed by atoms with Crippen molar-refractivity contribution >= 4 is 22.9 Å². The summed E-state index contributed by atoms with van der Waals surface area (Å²) in [5.74, 6) is 0.320. The summed E-state index contributed by atoms with van der Waals surface area (Å²) >= 11 is 0. The summed E-state index contributed by atoms with van der Waals surface area (Å²) in [7, 11) is 1.58. The van der Waals surface area contributed by atoms with Crippen molar-refractivity contribution in [1.29, 1.82) is 0 Å². The largest absolute Gasteiger partial charge is 0.495 e. The molecule has 0 aliphatic carbocycles. The Hall–Kier alpha value is -4.13. The van der Waals surface area contributed by atoms with Crippen LogP contribution in [0.25, 0.3) is 22.6 Å². The molecule has 7 nitrogen and oxygen atoms in total. The van der Waals surface area contributed by atoms with E-state index in [1.54, 1.807) is 11.5 Å². The molecule has 0 saturated heterocycles. The molecule has 1 N–H and O–H groups in total. The van der Waals surface area contributed by atoms with E-state index in [1.165, 1.54) is 0 Å². The second-order valence-corrected chi connectivity index (χ2v) is 7.39. The van der Waals surface area contributed by atoms with Crippen LogP contribution in [-0.2, 0) is 0 Å². The number of anilines is 1. The maximum Gasteiger partial charge on any atom is 0.274 e. The molecule has 4 aromatic heterocycles. The third-order valence-corrected chi connectivity index (χ3v) is 5.34. The number of pyridine rings is 2. The van der Waals surface area contributed by atoms with Crippen molar-refractivity contribution in [2.24, 2.45) is 0 Å². The first kappa shape index (κ1) is 18.9. The van der Waals surface area contributed by atoms with Crippen molar-refractivity contribution in [2.45, 2.75) is 13.8 Å². The van der Waals surface area contributed by atoms with Crippen LogP contribution in [0.15, 0.2) is 67.1 Å². The molecule has 7 heteroatoms. The molecule has 5 aromatic rings. The summed E-state index contributed by atoms with van der Waals surface area (Å²) in [5, 5.41) is 2.99. The van der Waals surface area contributed by atoms with Crippen LogP contribution in [0.1, 0.15) is 21.7 Å². The number of rotatable bonds is 4. The average molecular weight is 411 g/mol. The maximum absolute atomic E-state index is 13.2. The number of carbonyl (C=O) groups excluding carboxylic acids is 1. The monoisotopic (exact) mass is 411 g/mol. The van der Waals surface area contributed by atoms with Crippen molar-refractivity contribution < 1.29 is 9.53 Å². The van der Waals surface area contributed by atoms with Gasteiger partial charge in [0.05, 0.1) is 24.2 Å². The molecule has 0 radical (unpaired) electrons. The summed E-state index contributed by atoms with van der Waals surface area (Å²) in [6, 6.07) is 15.3. The molecule has 1 amide bonds. The van der Waals surface area contributed by atoms with E-state index in [0.717, 1.165) is 28.1 Å². The van der Waals surface area contributed by atoms with Crippen molar-refractivity contribution in [2.75, 3.05) is 12.4 Å². The minimum Gasteiger partial charge on any atom is -0.495 e. The third-order valence-electron chi connectivity index (χ3n) is 5.34. The molecule has 0 aliphatic heterocycles. The second kappa shape index (κ2) is 7.28. The van der Waals surface area contributed by atoms with E-state index < -0.39 is 0 Å². The first-order chi connectivity index (χ1) is 15.0. The van der Waals surface area contributed by atoms with Gasteiger partial charge in [0.25, 0.3) is 5.91 Å². The van der Waals surface area contributed by atoms with Crippen LogP contribution in [0.2, 0.25) is 0 Å². The zero-order valence-electron chi connectivity index (χ0n) is 17.5. The van der Waals surface area contributed by atoms with Gasteiger partial charge in [0.15, 0.2) is 0 Å². The normalized spacial score (nSPS) is 11.2. The molecule has 0 bridgehead atoms. The predicted octanol–water partition coefficient (Wildman–Crippen LogP) is 4.53. The Balaban J connectivity index is 1.54. The van der Waals surface area contributed by atoms with Gasteiger partial charge in [0, 0.05) is 24.2 Å². The van der Waals surface area contributed by atoms with Gasteiger partial charge in [-0.1, -0.05) is 12.1 Å². The average Bonchev–Trinajstić information content (AvgIpc) is 3.35. The van der Waals surface area contributed by atoms with Gasteiger partial charge >= 0.3 is 0 Å². The van der Waals surface area contributed by atoms with Gasteiger partial charge in [0.1, 0.15) is 22.7 Å². The van der Waals surface area contributed by atoms with Crippen LogP contribution in [0, 0.1) is 13.8 Å². The molecule has 5 rings (SSSR count). The van der Waals surface area contributed by atoms with E-state index in [9.17, 15) is 4.79 Å². The van der Waals surface area contributed by atoms with Crippen LogP contribution in [0.5, 0.6) is 5.75 Å². The second-order valence-electron chi connectivity index (χ2n) is 7.39. The lowest BCUT2D eigenvalue weighted by Crippen LogP contribution is -2.16. The summed E-state index contributed by atoms with van der Waals surface area (Å²) in [5.41, 5.74) is 6.16. The lowest BCUT2D eigenvalue weighted by Gasteiger charge is -2.12. The number of methoxy groups -OCH3 is 1. The van der Waals surface area contributed by atoms with Gasteiger partial charge in [-0.15, -0.1) is 0 Å². The number of aryl methyl sites for hydroxylation is 2. The van der Waals surface area contributed by atoms with Gasteiger partial charge in [-0.05, 0) is 55.8 Å².